The van der Waals surface area contributed by atoms with Gasteiger partial charge in [0.25, 0.3) is 0 Å². The van der Waals surface area contributed by atoms with Gasteiger partial charge in [-0.1, -0.05) is 19.8 Å². The Bertz CT molecular complexity index is 315. The topological polar surface area (TPSA) is 81.4 Å². The number of carbonyl (C=O) groups is 2. The fraction of sp³-hybridized carbons (Fsp3) is 0.846. The Hall–Kier alpha value is -1.10. The smallest absolute Gasteiger partial charge is 0.328 e. The summed E-state index contributed by atoms with van der Waals surface area (Å²) < 4.78 is 4.66. The van der Waals surface area contributed by atoms with E-state index in [-0.39, 0.29) is 11.8 Å². The number of rotatable bonds is 4. The number of ether oxygens (including phenoxy) is 1. The zero-order valence-corrected chi connectivity index (χ0v) is 11.5. The van der Waals surface area contributed by atoms with Crippen LogP contribution in [0.2, 0.25) is 0 Å². The van der Waals surface area contributed by atoms with Gasteiger partial charge in [-0.25, -0.2) is 4.79 Å². The molecule has 18 heavy (non-hydrogen) atoms. The number of amides is 1. The average molecular weight is 256 g/mol. The number of nitrogens with one attached hydrogen (secondary N) is 1. The van der Waals surface area contributed by atoms with Crippen molar-refractivity contribution in [2.45, 2.75) is 57.5 Å². The van der Waals surface area contributed by atoms with Crippen molar-refractivity contribution in [1.29, 1.82) is 0 Å². The Morgan fingerprint density at radius 1 is 1.50 bits per heavy atom. The number of carbonyl (C=O) groups excluding carboxylic acids is 2. The van der Waals surface area contributed by atoms with Crippen LogP contribution in [0.4, 0.5) is 0 Å². The van der Waals surface area contributed by atoms with Crippen LogP contribution < -0.4 is 11.1 Å². The van der Waals surface area contributed by atoms with E-state index >= 15 is 0 Å². The molecule has 1 rings (SSSR count). The molecule has 0 bridgehead atoms. The highest BCUT2D eigenvalue weighted by Gasteiger charge is 2.38. The second-order valence-corrected chi connectivity index (χ2v) is 5.30. The first-order valence-electron chi connectivity index (χ1n) is 6.59. The maximum absolute atomic E-state index is 12.2. The van der Waals surface area contributed by atoms with Gasteiger partial charge in [-0.05, 0) is 26.2 Å². The molecule has 0 saturated heterocycles. The molecule has 3 N–H and O–H groups in total. The van der Waals surface area contributed by atoms with Crippen LogP contribution in [0.25, 0.3) is 0 Å². The van der Waals surface area contributed by atoms with Crippen molar-refractivity contribution in [2.24, 2.45) is 11.7 Å². The minimum absolute atomic E-state index is 0.128. The summed E-state index contributed by atoms with van der Waals surface area (Å²) in [5, 5.41) is 2.75. The third kappa shape index (κ3) is 3.45. The molecule has 0 aromatic heterocycles. The summed E-state index contributed by atoms with van der Waals surface area (Å²) in [5.41, 5.74) is 5.70. The molecule has 0 heterocycles. The van der Waals surface area contributed by atoms with E-state index in [4.69, 9.17) is 5.73 Å². The molecule has 1 aliphatic rings. The van der Waals surface area contributed by atoms with Crippen LogP contribution >= 0.6 is 0 Å². The highest BCUT2D eigenvalue weighted by atomic mass is 16.5. The molecule has 1 amide bonds. The predicted octanol–water partition coefficient (Wildman–Crippen LogP) is 0.962. The van der Waals surface area contributed by atoms with Gasteiger partial charge in [-0.2, -0.15) is 0 Å². The Morgan fingerprint density at radius 2 is 2.17 bits per heavy atom. The SMILES string of the molecule is CCC(NC(=O)C1CCCCC1(C)N)C(=O)OC. The zero-order valence-electron chi connectivity index (χ0n) is 11.5. The van der Waals surface area contributed by atoms with Crippen LogP contribution in [0.5, 0.6) is 0 Å². The molecule has 0 aromatic carbocycles. The maximum Gasteiger partial charge on any atom is 0.328 e. The Balaban J connectivity index is 2.66. The van der Waals surface area contributed by atoms with E-state index in [9.17, 15) is 9.59 Å². The minimum atomic E-state index is -0.569. The maximum atomic E-state index is 12.2. The van der Waals surface area contributed by atoms with E-state index in [1.165, 1.54) is 7.11 Å². The highest BCUT2D eigenvalue weighted by Crippen LogP contribution is 2.31. The van der Waals surface area contributed by atoms with Gasteiger partial charge < -0.3 is 15.8 Å². The zero-order chi connectivity index (χ0) is 13.8. The first kappa shape index (κ1) is 15.0. The van der Waals surface area contributed by atoms with Crippen LogP contribution in [-0.2, 0) is 14.3 Å². The standard InChI is InChI=1S/C13H24N2O3/c1-4-10(12(17)18-3)15-11(16)9-7-5-6-8-13(9,2)14/h9-10H,4-8,14H2,1-3H3,(H,15,16). The van der Waals surface area contributed by atoms with Gasteiger partial charge in [0.1, 0.15) is 6.04 Å². The van der Waals surface area contributed by atoms with Crippen molar-refractivity contribution in [2.75, 3.05) is 7.11 Å². The van der Waals surface area contributed by atoms with Crippen LogP contribution in [0, 0.1) is 5.92 Å². The lowest BCUT2D eigenvalue weighted by atomic mass is 9.74. The molecular formula is C13H24N2O3. The van der Waals surface area contributed by atoms with Gasteiger partial charge in [-0.3, -0.25) is 4.79 Å². The second-order valence-electron chi connectivity index (χ2n) is 5.30. The second kappa shape index (κ2) is 6.18. The molecule has 0 aromatic rings. The summed E-state index contributed by atoms with van der Waals surface area (Å²) in [5.74, 6) is -0.748. The minimum Gasteiger partial charge on any atom is -0.467 e. The summed E-state index contributed by atoms with van der Waals surface area (Å²) in [7, 11) is 1.32. The van der Waals surface area contributed by atoms with Gasteiger partial charge in [-0.15, -0.1) is 0 Å². The molecule has 0 spiro atoms. The molecule has 5 nitrogen and oxygen atoms in total. The van der Waals surface area contributed by atoms with Gasteiger partial charge in [0.2, 0.25) is 5.91 Å². The molecule has 3 unspecified atom stereocenters. The summed E-state index contributed by atoms with van der Waals surface area (Å²) in [6.45, 7) is 3.75. The largest absolute Gasteiger partial charge is 0.467 e. The number of hydrogen-bond donors (Lipinski definition) is 2. The van der Waals surface area contributed by atoms with E-state index in [1.807, 2.05) is 13.8 Å². The molecular weight excluding hydrogens is 232 g/mol. The first-order chi connectivity index (χ1) is 8.42. The fourth-order valence-electron chi connectivity index (χ4n) is 2.53. The molecule has 3 atom stereocenters. The predicted molar refractivity (Wildman–Crippen MR) is 68.8 cm³/mol. The Kier molecular flexibility index (Phi) is 5.14. The summed E-state index contributed by atoms with van der Waals surface area (Å²) in [4.78, 5) is 23.7. The van der Waals surface area contributed by atoms with Crippen molar-refractivity contribution in [3.05, 3.63) is 0 Å². The van der Waals surface area contributed by atoms with Crippen molar-refractivity contribution < 1.29 is 14.3 Å². The van der Waals surface area contributed by atoms with Gasteiger partial charge in [0, 0.05) is 5.54 Å². The quantitative estimate of drug-likeness (QED) is 0.734. The van der Waals surface area contributed by atoms with Crippen LogP contribution in [0.1, 0.15) is 46.0 Å². The lowest BCUT2D eigenvalue weighted by Gasteiger charge is -2.37. The molecule has 104 valence electrons. The molecule has 1 fully saturated rings. The number of hydrogen-bond acceptors (Lipinski definition) is 4. The average Bonchev–Trinajstić information content (AvgIpc) is 2.34. The fourth-order valence-corrected chi connectivity index (χ4v) is 2.53. The lowest BCUT2D eigenvalue weighted by Crippen LogP contribution is -2.55. The number of nitrogens with two attached hydrogens (primary N) is 1. The van der Waals surface area contributed by atoms with Gasteiger partial charge >= 0.3 is 5.97 Å². The van der Waals surface area contributed by atoms with Gasteiger partial charge in [0.05, 0.1) is 13.0 Å². The van der Waals surface area contributed by atoms with E-state index in [0.717, 1.165) is 25.7 Å². The lowest BCUT2D eigenvalue weighted by molar-refractivity contribution is -0.146. The first-order valence-corrected chi connectivity index (χ1v) is 6.59. The van der Waals surface area contributed by atoms with E-state index < -0.39 is 17.6 Å². The van der Waals surface area contributed by atoms with E-state index in [0.29, 0.717) is 6.42 Å². The number of esters is 1. The van der Waals surface area contributed by atoms with E-state index in [1.54, 1.807) is 0 Å². The molecule has 1 aliphatic carbocycles. The van der Waals surface area contributed by atoms with Crippen molar-refractivity contribution in [3.8, 4) is 0 Å². The summed E-state index contributed by atoms with van der Waals surface area (Å²) >= 11 is 0. The van der Waals surface area contributed by atoms with Crippen LogP contribution in [0.15, 0.2) is 0 Å². The summed E-state index contributed by atoms with van der Waals surface area (Å²) in [6, 6.07) is -0.569. The van der Waals surface area contributed by atoms with Crippen molar-refractivity contribution in [1.82, 2.24) is 5.32 Å². The Labute approximate surface area is 108 Å². The Morgan fingerprint density at radius 3 is 2.67 bits per heavy atom. The highest BCUT2D eigenvalue weighted by molar-refractivity contribution is 5.86. The van der Waals surface area contributed by atoms with Crippen molar-refractivity contribution >= 4 is 11.9 Å². The van der Waals surface area contributed by atoms with Crippen LogP contribution in [0.3, 0.4) is 0 Å². The third-order valence-corrected chi connectivity index (χ3v) is 3.78. The normalized spacial score (nSPS) is 29.4. The summed E-state index contributed by atoms with van der Waals surface area (Å²) in [6.07, 6.45) is 4.23. The van der Waals surface area contributed by atoms with Crippen LogP contribution in [-0.4, -0.2) is 30.6 Å². The number of methoxy groups -OCH3 is 1. The van der Waals surface area contributed by atoms with Gasteiger partial charge in [0.15, 0.2) is 0 Å². The monoisotopic (exact) mass is 256 g/mol. The molecule has 5 heteroatoms. The molecule has 1 saturated carbocycles. The van der Waals surface area contributed by atoms with E-state index in [2.05, 4.69) is 10.1 Å². The molecule has 0 radical (unpaired) electrons. The molecule has 0 aliphatic heterocycles. The van der Waals surface area contributed by atoms with Crippen molar-refractivity contribution in [3.63, 3.8) is 0 Å². The third-order valence-electron chi connectivity index (χ3n) is 3.78.